The molecule has 1 atom stereocenters. The van der Waals surface area contributed by atoms with Crippen molar-refractivity contribution in [3.05, 3.63) is 65.2 Å². The van der Waals surface area contributed by atoms with Gasteiger partial charge in [0.05, 0.1) is 5.56 Å². The van der Waals surface area contributed by atoms with Crippen molar-refractivity contribution in [2.45, 2.75) is 13.8 Å². The number of rotatable bonds is 4. The van der Waals surface area contributed by atoms with Gasteiger partial charge in [0.2, 0.25) is 0 Å². The summed E-state index contributed by atoms with van der Waals surface area (Å²) in [5.74, 6) is -0.754. The van der Waals surface area contributed by atoms with Crippen molar-refractivity contribution in [2.75, 3.05) is 0 Å². The van der Waals surface area contributed by atoms with E-state index in [0.717, 1.165) is 11.1 Å². The van der Waals surface area contributed by atoms with E-state index in [-0.39, 0.29) is 11.3 Å². The second-order valence-electron chi connectivity index (χ2n) is 4.62. The summed E-state index contributed by atoms with van der Waals surface area (Å²) in [6.45, 7) is 3.74. The van der Waals surface area contributed by atoms with Crippen molar-refractivity contribution in [1.82, 2.24) is 0 Å². The van der Waals surface area contributed by atoms with E-state index < -0.39 is 13.8 Å². The van der Waals surface area contributed by atoms with E-state index in [2.05, 4.69) is 4.52 Å². The molecule has 0 bridgehead atoms. The molecule has 0 saturated carbocycles. The second-order valence-corrected chi connectivity index (χ2v) is 5.92. The number of hydrogen-bond acceptors (Lipinski definition) is 4. The third-order valence-electron chi connectivity index (χ3n) is 2.73. The molecule has 0 aliphatic rings. The van der Waals surface area contributed by atoms with Crippen LogP contribution in [0.2, 0.25) is 0 Å². The fourth-order valence-corrected chi connectivity index (χ4v) is 2.34. The van der Waals surface area contributed by atoms with E-state index in [1.807, 2.05) is 13.8 Å². The third-order valence-corrected chi connectivity index (χ3v) is 3.57. The first-order chi connectivity index (χ1) is 9.85. The highest BCUT2D eigenvalue weighted by Gasteiger charge is 2.28. The molecule has 0 aromatic heterocycles. The zero-order valence-corrected chi connectivity index (χ0v) is 12.5. The van der Waals surface area contributed by atoms with Gasteiger partial charge in [0.15, 0.2) is 0 Å². The Morgan fingerprint density at radius 2 is 1.43 bits per heavy atom. The van der Waals surface area contributed by atoms with Gasteiger partial charge in [-0.2, -0.15) is 0 Å². The lowest BCUT2D eigenvalue weighted by atomic mass is 10.2. The highest BCUT2D eigenvalue weighted by Crippen LogP contribution is 2.44. The summed E-state index contributed by atoms with van der Waals surface area (Å²) < 4.78 is 21.2. The number of phosphoric ester groups is 1. The Labute approximate surface area is 122 Å². The first kappa shape index (κ1) is 15.3. The minimum atomic E-state index is -4.51. The van der Waals surface area contributed by atoms with Crippen LogP contribution in [0.25, 0.3) is 0 Å². The zero-order chi connectivity index (χ0) is 15.5. The number of benzene rings is 2. The highest BCUT2D eigenvalue weighted by atomic mass is 31.2. The molecule has 6 heteroatoms. The summed E-state index contributed by atoms with van der Waals surface area (Å²) in [7, 11) is -4.51. The SMILES string of the molecule is Cc1ccc(OP(=O)(O)OC(=O)c2ccc(C)cc2)cc1. The van der Waals surface area contributed by atoms with Crippen LogP contribution in [0.4, 0.5) is 0 Å². The van der Waals surface area contributed by atoms with Crippen LogP contribution >= 0.6 is 7.82 Å². The molecule has 1 N–H and O–H groups in total. The maximum Gasteiger partial charge on any atom is 0.587 e. The van der Waals surface area contributed by atoms with Gasteiger partial charge in [-0.3, -0.25) is 4.89 Å². The predicted octanol–water partition coefficient (Wildman–Crippen LogP) is 3.64. The number of aryl methyl sites for hydroxylation is 2. The Bertz CT molecular complexity index is 676. The Kier molecular flexibility index (Phi) is 4.46. The molecule has 0 aliphatic carbocycles. The molecule has 5 nitrogen and oxygen atoms in total. The van der Waals surface area contributed by atoms with Crippen LogP contribution < -0.4 is 4.52 Å². The molecule has 110 valence electrons. The standard InChI is InChI=1S/C15H15O5P/c1-11-3-7-13(8-4-11)15(16)20-21(17,18)19-14-9-5-12(2)6-10-14/h3-10H,1-2H3,(H,17,18). The maximum atomic E-state index is 11.8. The van der Waals surface area contributed by atoms with E-state index >= 15 is 0 Å². The Morgan fingerprint density at radius 3 is 1.95 bits per heavy atom. The number of hydrogen-bond donors (Lipinski definition) is 1. The zero-order valence-electron chi connectivity index (χ0n) is 11.6. The first-order valence-corrected chi connectivity index (χ1v) is 7.75. The summed E-state index contributed by atoms with van der Waals surface area (Å²) in [6, 6.07) is 12.9. The molecule has 0 fully saturated rings. The first-order valence-electron chi connectivity index (χ1n) is 6.25. The lowest BCUT2D eigenvalue weighted by Gasteiger charge is -2.12. The predicted molar refractivity (Wildman–Crippen MR) is 78.2 cm³/mol. The molecule has 2 aromatic carbocycles. The van der Waals surface area contributed by atoms with Gasteiger partial charge >= 0.3 is 13.8 Å². The quantitative estimate of drug-likeness (QED) is 0.873. The van der Waals surface area contributed by atoms with Crippen molar-refractivity contribution in [3.8, 4) is 5.75 Å². The van der Waals surface area contributed by atoms with Crippen LogP contribution in [0.3, 0.4) is 0 Å². The molecule has 0 amide bonds. The molecule has 2 rings (SSSR count). The minimum absolute atomic E-state index is 0.156. The van der Waals surface area contributed by atoms with E-state index in [0.29, 0.717) is 0 Å². The van der Waals surface area contributed by atoms with E-state index in [9.17, 15) is 14.3 Å². The number of phosphoric acid groups is 1. The van der Waals surface area contributed by atoms with Gasteiger partial charge in [-0.15, -0.1) is 0 Å². The van der Waals surface area contributed by atoms with Gasteiger partial charge in [0.1, 0.15) is 5.75 Å². The largest absolute Gasteiger partial charge is 0.587 e. The van der Waals surface area contributed by atoms with Gasteiger partial charge in [0.25, 0.3) is 0 Å². The fraction of sp³-hybridized carbons (Fsp3) is 0.133. The number of carbonyl (C=O) groups excluding carboxylic acids is 1. The lowest BCUT2D eigenvalue weighted by Crippen LogP contribution is -2.06. The fourth-order valence-electron chi connectivity index (χ4n) is 1.60. The normalized spacial score (nSPS) is 13.3. The van der Waals surface area contributed by atoms with Gasteiger partial charge in [-0.05, 0) is 38.1 Å². The lowest BCUT2D eigenvalue weighted by molar-refractivity contribution is 0.0683. The Hall–Kier alpha value is -2.10. The van der Waals surface area contributed by atoms with E-state index in [1.165, 1.54) is 24.3 Å². The average molecular weight is 306 g/mol. The van der Waals surface area contributed by atoms with Crippen LogP contribution in [0.1, 0.15) is 21.5 Å². The van der Waals surface area contributed by atoms with Crippen molar-refractivity contribution < 1.29 is 23.3 Å². The molecule has 0 heterocycles. The smallest absolute Gasteiger partial charge is 0.395 e. The molecule has 0 saturated heterocycles. The van der Waals surface area contributed by atoms with Gasteiger partial charge in [-0.1, -0.05) is 35.4 Å². The molecule has 0 aliphatic heterocycles. The molecular formula is C15H15O5P. The molecular weight excluding hydrogens is 291 g/mol. The van der Waals surface area contributed by atoms with Gasteiger partial charge in [0, 0.05) is 0 Å². The van der Waals surface area contributed by atoms with Crippen LogP contribution in [0, 0.1) is 13.8 Å². The van der Waals surface area contributed by atoms with Crippen LogP contribution in [0.5, 0.6) is 5.75 Å². The molecule has 1 unspecified atom stereocenters. The van der Waals surface area contributed by atoms with Crippen molar-refractivity contribution in [1.29, 1.82) is 0 Å². The van der Waals surface area contributed by atoms with Crippen LogP contribution in [-0.4, -0.2) is 10.9 Å². The van der Waals surface area contributed by atoms with Gasteiger partial charge < -0.3 is 9.05 Å². The summed E-state index contributed by atoms with van der Waals surface area (Å²) in [4.78, 5) is 21.4. The van der Waals surface area contributed by atoms with Crippen LogP contribution in [-0.2, 0) is 9.09 Å². The van der Waals surface area contributed by atoms with Crippen molar-refractivity contribution in [2.24, 2.45) is 0 Å². The summed E-state index contributed by atoms with van der Waals surface area (Å²) in [6.07, 6.45) is 0. The highest BCUT2D eigenvalue weighted by molar-refractivity contribution is 7.48. The molecule has 0 spiro atoms. The monoisotopic (exact) mass is 306 g/mol. The summed E-state index contributed by atoms with van der Waals surface area (Å²) in [5, 5.41) is 0. The summed E-state index contributed by atoms with van der Waals surface area (Å²) in [5.41, 5.74) is 2.13. The second kappa shape index (κ2) is 6.12. The topological polar surface area (TPSA) is 72.8 Å². The Morgan fingerprint density at radius 1 is 0.952 bits per heavy atom. The number of carbonyl (C=O) groups is 1. The Balaban J connectivity index is 2.06. The van der Waals surface area contributed by atoms with Gasteiger partial charge in [-0.25, -0.2) is 9.36 Å². The minimum Gasteiger partial charge on any atom is -0.395 e. The van der Waals surface area contributed by atoms with Crippen molar-refractivity contribution in [3.63, 3.8) is 0 Å². The average Bonchev–Trinajstić information content (AvgIpc) is 2.41. The molecule has 0 radical (unpaired) electrons. The van der Waals surface area contributed by atoms with E-state index in [1.54, 1.807) is 24.3 Å². The van der Waals surface area contributed by atoms with Crippen LogP contribution in [0.15, 0.2) is 48.5 Å². The van der Waals surface area contributed by atoms with Crippen molar-refractivity contribution >= 4 is 13.8 Å². The summed E-state index contributed by atoms with van der Waals surface area (Å²) >= 11 is 0. The molecule has 21 heavy (non-hydrogen) atoms. The third kappa shape index (κ3) is 4.45. The molecule has 2 aromatic rings. The maximum absolute atomic E-state index is 11.8. The van der Waals surface area contributed by atoms with E-state index in [4.69, 9.17) is 4.52 Å².